The van der Waals surface area contributed by atoms with Gasteiger partial charge >= 0.3 is 12.1 Å². The Kier molecular flexibility index (Phi) is 11.9. The lowest BCUT2D eigenvalue weighted by atomic mass is 10.1. The molecule has 3 amide bonds. The number of ether oxygens (including phenoxy) is 3. The molecule has 208 valence electrons. The van der Waals surface area contributed by atoms with E-state index in [-0.39, 0.29) is 19.8 Å². The highest BCUT2D eigenvalue weighted by Gasteiger charge is 2.30. The number of para-hydroxylation sites is 1. The molecule has 0 saturated heterocycles. The van der Waals surface area contributed by atoms with Crippen molar-refractivity contribution in [1.29, 1.82) is 0 Å². The minimum atomic E-state index is -1.33. The highest BCUT2D eigenvalue weighted by atomic mass is 16.6. The summed E-state index contributed by atoms with van der Waals surface area (Å²) in [7, 11) is 1.39. The summed E-state index contributed by atoms with van der Waals surface area (Å²) in [6.07, 6.45) is 1.86. The van der Waals surface area contributed by atoms with Crippen LogP contribution in [0.25, 0.3) is 10.9 Å². The van der Waals surface area contributed by atoms with Crippen molar-refractivity contribution in [2.24, 2.45) is 0 Å². The molecular formula is C27H38N4O7. The van der Waals surface area contributed by atoms with Crippen LogP contribution in [0.3, 0.4) is 0 Å². The van der Waals surface area contributed by atoms with Gasteiger partial charge in [-0.1, -0.05) is 37.6 Å². The van der Waals surface area contributed by atoms with Gasteiger partial charge in [-0.2, -0.15) is 0 Å². The predicted octanol–water partition coefficient (Wildman–Crippen LogP) is 2.61. The minimum Gasteiger partial charge on any atom is -0.466 e. The number of carbonyl (C=O) groups excluding carboxylic acids is 4. The number of alkyl carbamates (subject to hydrolysis) is 1. The van der Waals surface area contributed by atoms with Gasteiger partial charge in [0.2, 0.25) is 11.8 Å². The van der Waals surface area contributed by atoms with E-state index in [0.29, 0.717) is 6.42 Å². The highest BCUT2D eigenvalue weighted by molar-refractivity contribution is 5.93. The van der Waals surface area contributed by atoms with Crippen molar-refractivity contribution in [3.8, 4) is 0 Å². The maximum Gasteiger partial charge on any atom is 0.408 e. The molecule has 0 aliphatic heterocycles. The first kappa shape index (κ1) is 30.5. The molecule has 1 heterocycles. The van der Waals surface area contributed by atoms with E-state index < -0.39 is 48.0 Å². The Hall–Kier alpha value is -3.73. The van der Waals surface area contributed by atoms with E-state index >= 15 is 0 Å². The number of carbonyl (C=O) groups is 4. The van der Waals surface area contributed by atoms with Crippen molar-refractivity contribution in [1.82, 2.24) is 20.9 Å². The van der Waals surface area contributed by atoms with E-state index in [1.165, 1.54) is 7.11 Å². The van der Waals surface area contributed by atoms with Crippen LogP contribution in [0.4, 0.5) is 4.79 Å². The molecule has 0 radical (unpaired) electrons. The smallest absolute Gasteiger partial charge is 0.408 e. The molecule has 0 saturated carbocycles. The van der Waals surface area contributed by atoms with E-state index in [1.807, 2.05) is 37.3 Å². The molecule has 1 aromatic carbocycles. The van der Waals surface area contributed by atoms with Crippen LogP contribution in [0, 0.1) is 0 Å². The number of benzene rings is 1. The van der Waals surface area contributed by atoms with Gasteiger partial charge < -0.3 is 30.2 Å². The normalized spacial score (nSPS) is 12.8. The number of hydrogen-bond acceptors (Lipinski definition) is 8. The van der Waals surface area contributed by atoms with Gasteiger partial charge in [-0.3, -0.25) is 19.4 Å². The van der Waals surface area contributed by atoms with Crippen molar-refractivity contribution < 1.29 is 33.4 Å². The van der Waals surface area contributed by atoms with Crippen LogP contribution < -0.4 is 16.0 Å². The van der Waals surface area contributed by atoms with E-state index in [4.69, 9.17) is 14.2 Å². The number of methoxy groups -OCH3 is 1. The maximum atomic E-state index is 13.1. The number of amides is 3. The van der Waals surface area contributed by atoms with Gasteiger partial charge in [0.1, 0.15) is 17.7 Å². The first-order valence-corrected chi connectivity index (χ1v) is 12.6. The average Bonchev–Trinajstić information content (AvgIpc) is 2.85. The van der Waals surface area contributed by atoms with Crippen molar-refractivity contribution in [3.63, 3.8) is 0 Å². The van der Waals surface area contributed by atoms with Crippen LogP contribution in [-0.4, -0.2) is 66.9 Å². The van der Waals surface area contributed by atoms with Gasteiger partial charge in [0, 0.05) is 25.2 Å². The Bertz CT molecular complexity index is 1100. The first-order chi connectivity index (χ1) is 18.0. The number of unbranched alkanes of at least 4 members (excludes halogenated alkanes) is 1. The van der Waals surface area contributed by atoms with Crippen LogP contribution in [0.15, 0.2) is 36.5 Å². The fraction of sp³-hybridized carbons (Fsp3) is 0.519. The summed E-state index contributed by atoms with van der Waals surface area (Å²) in [5.74, 6) is -1.92. The third-order valence-electron chi connectivity index (χ3n) is 5.27. The SMILES string of the molecule is CCCCOC(=O)C[C@H](NC(=O)OC(C)(C)C)C(=O)N[C@@H](COC)C(=O)NCc1cccc2cccnc12. The number of rotatable bonds is 13. The van der Waals surface area contributed by atoms with Gasteiger partial charge in [-0.05, 0) is 38.8 Å². The largest absolute Gasteiger partial charge is 0.466 e. The lowest BCUT2D eigenvalue weighted by Gasteiger charge is -2.24. The van der Waals surface area contributed by atoms with E-state index in [2.05, 4.69) is 20.9 Å². The molecule has 0 aliphatic carbocycles. The second-order valence-electron chi connectivity index (χ2n) is 9.70. The summed E-state index contributed by atoms with van der Waals surface area (Å²) >= 11 is 0. The van der Waals surface area contributed by atoms with Crippen molar-refractivity contribution in [2.45, 2.75) is 71.2 Å². The summed E-state index contributed by atoms with van der Waals surface area (Å²) in [5, 5.41) is 8.69. The summed E-state index contributed by atoms with van der Waals surface area (Å²) < 4.78 is 15.5. The molecule has 1 aromatic heterocycles. The molecule has 0 bridgehead atoms. The average molecular weight is 531 g/mol. The van der Waals surface area contributed by atoms with Crippen LogP contribution in [0.1, 0.15) is 52.5 Å². The molecule has 0 fully saturated rings. The van der Waals surface area contributed by atoms with Gasteiger partial charge in [0.25, 0.3) is 0 Å². The molecule has 11 heteroatoms. The van der Waals surface area contributed by atoms with Gasteiger partial charge in [-0.15, -0.1) is 0 Å². The van der Waals surface area contributed by atoms with Crippen molar-refractivity contribution in [2.75, 3.05) is 20.3 Å². The van der Waals surface area contributed by atoms with E-state index in [0.717, 1.165) is 22.9 Å². The lowest BCUT2D eigenvalue weighted by molar-refractivity contribution is -0.146. The predicted molar refractivity (Wildman–Crippen MR) is 141 cm³/mol. The maximum absolute atomic E-state index is 13.1. The molecule has 2 aromatic rings. The fourth-order valence-electron chi connectivity index (χ4n) is 3.45. The molecule has 0 aliphatic rings. The monoisotopic (exact) mass is 530 g/mol. The van der Waals surface area contributed by atoms with Crippen LogP contribution in [0.2, 0.25) is 0 Å². The van der Waals surface area contributed by atoms with Gasteiger partial charge in [0.05, 0.1) is 25.2 Å². The zero-order chi connectivity index (χ0) is 28.1. The molecule has 3 N–H and O–H groups in total. The summed E-state index contributed by atoms with van der Waals surface area (Å²) in [4.78, 5) is 55.1. The molecule has 38 heavy (non-hydrogen) atoms. The highest BCUT2D eigenvalue weighted by Crippen LogP contribution is 2.15. The second-order valence-corrected chi connectivity index (χ2v) is 9.70. The molecule has 0 spiro atoms. The number of nitrogens with one attached hydrogen (secondary N) is 3. The lowest BCUT2D eigenvalue weighted by Crippen LogP contribution is -2.56. The van der Waals surface area contributed by atoms with Gasteiger partial charge in [-0.25, -0.2) is 4.79 Å². The number of fused-ring (bicyclic) bond motifs is 1. The Labute approximate surface area is 223 Å². The van der Waals surface area contributed by atoms with Crippen molar-refractivity contribution >= 4 is 34.8 Å². The van der Waals surface area contributed by atoms with Crippen LogP contribution >= 0.6 is 0 Å². The molecule has 11 nitrogen and oxygen atoms in total. The van der Waals surface area contributed by atoms with Crippen molar-refractivity contribution in [3.05, 3.63) is 42.1 Å². The van der Waals surface area contributed by atoms with E-state index in [1.54, 1.807) is 27.0 Å². The Morgan fingerprint density at radius 3 is 2.42 bits per heavy atom. The molecular weight excluding hydrogens is 492 g/mol. The third kappa shape index (κ3) is 10.3. The standard InChI is InChI=1S/C27H38N4O7/c1-6-7-14-37-22(32)15-20(31-26(35)38-27(2,3)4)25(34)30-21(17-36-5)24(33)29-16-19-11-8-10-18-12-9-13-28-23(18)19/h8-13,20-21H,6-7,14-17H2,1-5H3,(H,29,33)(H,30,34)(H,31,35)/t20-,21-/m0/s1. The summed E-state index contributed by atoms with van der Waals surface area (Å²) in [6.45, 7) is 7.21. The number of hydrogen-bond donors (Lipinski definition) is 3. The molecule has 2 atom stereocenters. The summed E-state index contributed by atoms with van der Waals surface area (Å²) in [5.41, 5.74) is 0.742. The van der Waals surface area contributed by atoms with Gasteiger partial charge in [0.15, 0.2) is 0 Å². The Morgan fingerprint density at radius 2 is 1.74 bits per heavy atom. The molecule has 2 rings (SSSR count). The zero-order valence-corrected chi connectivity index (χ0v) is 22.7. The third-order valence-corrected chi connectivity index (χ3v) is 5.27. The topological polar surface area (TPSA) is 145 Å². The first-order valence-electron chi connectivity index (χ1n) is 12.6. The van der Waals surface area contributed by atoms with Crippen LogP contribution in [-0.2, 0) is 35.1 Å². The number of pyridine rings is 1. The number of nitrogens with zero attached hydrogens (tertiary/aromatic N) is 1. The minimum absolute atomic E-state index is 0.133. The fourth-order valence-corrected chi connectivity index (χ4v) is 3.45. The van der Waals surface area contributed by atoms with Crippen LogP contribution in [0.5, 0.6) is 0 Å². The number of aromatic nitrogens is 1. The zero-order valence-electron chi connectivity index (χ0n) is 22.7. The quantitative estimate of drug-likeness (QED) is 0.265. The number of esters is 1. The Morgan fingerprint density at radius 1 is 1.00 bits per heavy atom. The molecule has 0 unspecified atom stereocenters. The Balaban J connectivity index is 2.10. The summed E-state index contributed by atoms with van der Waals surface area (Å²) in [6, 6.07) is 6.98. The second kappa shape index (κ2) is 14.9. The van der Waals surface area contributed by atoms with E-state index in [9.17, 15) is 19.2 Å².